The van der Waals surface area contributed by atoms with Crippen molar-refractivity contribution in [3.8, 4) is 0 Å². The largest absolute Gasteiger partial charge is 0.450 e. The second-order valence-corrected chi connectivity index (χ2v) is 6.65. The normalized spacial score (nSPS) is 14.0. The van der Waals surface area contributed by atoms with E-state index in [0.29, 0.717) is 44.3 Å². The summed E-state index contributed by atoms with van der Waals surface area (Å²) >= 11 is 0. The van der Waals surface area contributed by atoms with Gasteiger partial charge in [-0.2, -0.15) is 0 Å². The maximum Gasteiger partial charge on any atom is 0.409 e. The molecule has 2 aromatic rings. The highest BCUT2D eigenvalue weighted by Gasteiger charge is 2.25. The van der Waals surface area contributed by atoms with Crippen LogP contribution in [0.3, 0.4) is 0 Å². The topological polar surface area (TPSA) is 87.7 Å². The summed E-state index contributed by atoms with van der Waals surface area (Å²) < 4.78 is 5.00. The van der Waals surface area contributed by atoms with Crippen LogP contribution < -0.4 is 5.32 Å². The van der Waals surface area contributed by atoms with Crippen LogP contribution in [-0.4, -0.2) is 64.6 Å². The monoisotopic (exact) mass is 383 g/mol. The van der Waals surface area contributed by atoms with Crippen LogP contribution in [0, 0.1) is 13.8 Å². The Bertz CT molecular complexity index is 845. The van der Waals surface area contributed by atoms with Crippen molar-refractivity contribution in [3.63, 3.8) is 0 Å². The van der Waals surface area contributed by atoms with Gasteiger partial charge < -0.3 is 19.9 Å². The standard InChI is InChI=1S/C20H25N5O3/c1-4-28-20(27)25-10-8-24(9-11-25)18(26)16-12-21-19(22-13-16)23-17-7-5-6-14(2)15(17)3/h5-7,12-13H,4,8-11H2,1-3H3,(H,21,22,23). The van der Waals surface area contributed by atoms with E-state index < -0.39 is 0 Å². The smallest absolute Gasteiger partial charge is 0.409 e. The Hall–Kier alpha value is -3.16. The highest BCUT2D eigenvalue weighted by Crippen LogP contribution is 2.21. The molecule has 1 N–H and O–H groups in total. The van der Waals surface area contributed by atoms with Crippen molar-refractivity contribution < 1.29 is 14.3 Å². The molecule has 2 amide bonds. The van der Waals surface area contributed by atoms with Crippen LogP contribution in [0.4, 0.5) is 16.4 Å². The van der Waals surface area contributed by atoms with Gasteiger partial charge in [0, 0.05) is 44.3 Å². The van der Waals surface area contributed by atoms with Crippen molar-refractivity contribution in [2.75, 3.05) is 38.1 Å². The molecule has 8 nitrogen and oxygen atoms in total. The van der Waals surface area contributed by atoms with Crippen LogP contribution in [0.2, 0.25) is 0 Å². The molecule has 8 heteroatoms. The highest BCUT2D eigenvalue weighted by atomic mass is 16.6. The van der Waals surface area contributed by atoms with Gasteiger partial charge in [0.25, 0.3) is 5.91 Å². The number of aryl methyl sites for hydroxylation is 1. The first kappa shape index (κ1) is 19.6. The lowest BCUT2D eigenvalue weighted by Crippen LogP contribution is -2.50. The Morgan fingerprint density at radius 3 is 2.36 bits per heavy atom. The maximum absolute atomic E-state index is 12.7. The predicted octanol–water partition coefficient (Wildman–Crippen LogP) is 2.75. The minimum atomic E-state index is -0.334. The van der Waals surface area contributed by atoms with Gasteiger partial charge in [-0.3, -0.25) is 4.79 Å². The third-order valence-corrected chi connectivity index (χ3v) is 4.84. The molecule has 148 valence electrons. The summed E-state index contributed by atoms with van der Waals surface area (Å²) in [4.78, 5) is 36.3. The molecule has 1 aromatic carbocycles. The van der Waals surface area contributed by atoms with Crippen LogP contribution in [0.25, 0.3) is 0 Å². The maximum atomic E-state index is 12.7. The summed E-state index contributed by atoms with van der Waals surface area (Å²) in [5.41, 5.74) is 3.68. The van der Waals surface area contributed by atoms with Gasteiger partial charge in [0.1, 0.15) is 0 Å². The molecule has 1 aliphatic rings. The van der Waals surface area contributed by atoms with Crippen molar-refractivity contribution in [2.24, 2.45) is 0 Å². The van der Waals surface area contributed by atoms with E-state index in [-0.39, 0.29) is 12.0 Å². The summed E-state index contributed by atoms with van der Waals surface area (Å²) in [6.07, 6.45) is 2.72. The SMILES string of the molecule is CCOC(=O)N1CCN(C(=O)c2cnc(Nc3cccc(C)c3C)nc2)CC1. The molecule has 1 aromatic heterocycles. The average Bonchev–Trinajstić information content (AvgIpc) is 2.72. The number of carbonyl (C=O) groups excluding carboxylic acids is 2. The molecule has 1 fully saturated rings. The van der Waals surface area contributed by atoms with Gasteiger partial charge in [0.15, 0.2) is 0 Å². The Kier molecular flexibility index (Phi) is 6.08. The molecule has 0 bridgehead atoms. The van der Waals surface area contributed by atoms with E-state index in [1.54, 1.807) is 16.7 Å². The number of hydrogen-bond acceptors (Lipinski definition) is 6. The zero-order valence-corrected chi connectivity index (χ0v) is 16.4. The molecule has 28 heavy (non-hydrogen) atoms. The van der Waals surface area contributed by atoms with Gasteiger partial charge >= 0.3 is 6.09 Å². The molecule has 1 saturated heterocycles. The summed E-state index contributed by atoms with van der Waals surface area (Å²) in [5, 5.41) is 3.18. The third kappa shape index (κ3) is 4.39. The zero-order valence-electron chi connectivity index (χ0n) is 16.4. The first-order valence-electron chi connectivity index (χ1n) is 9.36. The van der Waals surface area contributed by atoms with Crippen molar-refractivity contribution in [2.45, 2.75) is 20.8 Å². The molecule has 1 aliphatic heterocycles. The summed E-state index contributed by atoms with van der Waals surface area (Å²) in [6.45, 7) is 8.03. The number of ether oxygens (including phenoxy) is 1. The van der Waals surface area contributed by atoms with Crippen molar-refractivity contribution >= 4 is 23.6 Å². The Morgan fingerprint density at radius 2 is 1.71 bits per heavy atom. The predicted molar refractivity (Wildman–Crippen MR) is 106 cm³/mol. The van der Waals surface area contributed by atoms with E-state index in [9.17, 15) is 9.59 Å². The lowest BCUT2D eigenvalue weighted by molar-refractivity contribution is 0.0570. The van der Waals surface area contributed by atoms with E-state index in [4.69, 9.17) is 4.74 Å². The first-order valence-corrected chi connectivity index (χ1v) is 9.36. The second-order valence-electron chi connectivity index (χ2n) is 6.65. The minimum absolute atomic E-state index is 0.137. The lowest BCUT2D eigenvalue weighted by atomic mass is 10.1. The number of piperazine rings is 1. The van der Waals surface area contributed by atoms with Gasteiger partial charge in [-0.25, -0.2) is 14.8 Å². The zero-order chi connectivity index (χ0) is 20.1. The number of carbonyl (C=O) groups is 2. The van der Waals surface area contributed by atoms with Crippen molar-refractivity contribution in [1.82, 2.24) is 19.8 Å². The number of nitrogens with one attached hydrogen (secondary N) is 1. The summed E-state index contributed by atoms with van der Waals surface area (Å²) in [5.74, 6) is 0.305. The lowest BCUT2D eigenvalue weighted by Gasteiger charge is -2.33. The minimum Gasteiger partial charge on any atom is -0.450 e. The number of rotatable bonds is 4. The first-order chi connectivity index (χ1) is 13.5. The average molecular weight is 383 g/mol. The number of nitrogens with zero attached hydrogens (tertiary/aromatic N) is 4. The fraction of sp³-hybridized carbons (Fsp3) is 0.400. The fourth-order valence-corrected chi connectivity index (χ4v) is 3.00. The second kappa shape index (κ2) is 8.69. The van der Waals surface area contributed by atoms with Crippen LogP contribution in [-0.2, 0) is 4.74 Å². The van der Waals surface area contributed by atoms with E-state index in [1.165, 1.54) is 18.0 Å². The van der Waals surface area contributed by atoms with Crippen LogP contribution in [0.5, 0.6) is 0 Å². The van der Waals surface area contributed by atoms with Crippen molar-refractivity contribution in [1.29, 1.82) is 0 Å². The van der Waals surface area contributed by atoms with E-state index in [1.807, 2.05) is 32.0 Å². The molecular weight excluding hydrogens is 358 g/mol. The van der Waals surface area contributed by atoms with Crippen LogP contribution >= 0.6 is 0 Å². The quantitative estimate of drug-likeness (QED) is 0.873. The van der Waals surface area contributed by atoms with Crippen LogP contribution in [0.1, 0.15) is 28.4 Å². The molecule has 0 saturated carbocycles. The molecule has 0 atom stereocenters. The molecule has 0 radical (unpaired) electrons. The summed E-state index contributed by atoms with van der Waals surface area (Å²) in [6, 6.07) is 5.98. The number of amides is 2. The third-order valence-electron chi connectivity index (χ3n) is 4.84. The van der Waals surface area contributed by atoms with Crippen molar-refractivity contribution in [3.05, 3.63) is 47.3 Å². The Morgan fingerprint density at radius 1 is 1.07 bits per heavy atom. The molecule has 0 unspecified atom stereocenters. The number of hydrogen-bond donors (Lipinski definition) is 1. The van der Waals surface area contributed by atoms with E-state index in [0.717, 1.165) is 11.3 Å². The highest BCUT2D eigenvalue weighted by molar-refractivity contribution is 5.94. The number of benzene rings is 1. The Balaban J connectivity index is 1.60. The number of aromatic nitrogens is 2. The Labute approximate surface area is 164 Å². The molecule has 3 rings (SSSR count). The van der Waals surface area contributed by atoms with Gasteiger partial charge in [-0.1, -0.05) is 12.1 Å². The summed E-state index contributed by atoms with van der Waals surface area (Å²) in [7, 11) is 0. The van der Waals surface area contributed by atoms with E-state index in [2.05, 4.69) is 15.3 Å². The van der Waals surface area contributed by atoms with Gasteiger partial charge in [-0.15, -0.1) is 0 Å². The van der Waals surface area contributed by atoms with Gasteiger partial charge in [-0.05, 0) is 38.0 Å². The van der Waals surface area contributed by atoms with E-state index >= 15 is 0 Å². The fourth-order valence-electron chi connectivity index (χ4n) is 3.00. The van der Waals surface area contributed by atoms with Gasteiger partial charge in [0.05, 0.1) is 12.2 Å². The molecule has 0 aliphatic carbocycles. The van der Waals surface area contributed by atoms with Gasteiger partial charge in [0.2, 0.25) is 5.95 Å². The molecule has 0 spiro atoms. The van der Waals surface area contributed by atoms with Crippen LogP contribution in [0.15, 0.2) is 30.6 Å². The number of anilines is 2. The molecule has 2 heterocycles. The molecular formula is C20H25N5O3.